The van der Waals surface area contributed by atoms with Crippen LogP contribution in [0.15, 0.2) is 12.2 Å². The van der Waals surface area contributed by atoms with E-state index in [-0.39, 0.29) is 18.2 Å². The van der Waals surface area contributed by atoms with Crippen LogP contribution in [0.1, 0.15) is 65.2 Å². The molecule has 4 rings (SSSR count). The van der Waals surface area contributed by atoms with Crippen molar-refractivity contribution in [2.45, 2.75) is 76.4 Å². The second-order valence-electron chi connectivity index (χ2n) is 8.04. The van der Waals surface area contributed by atoms with Crippen molar-refractivity contribution < 1.29 is 23.9 Å². The monoisotopic (exact) mass is 334 g/mol. The van der Waals surface area contributed by atoms with Crippen LogP contribution in [0.3, 0.4) is 0 Å². The molecule has 0 heterocycles. The summed E-state index contributed by atoms with van der Waals surface area (Å²) in [6.45, 7) is 7.05. The molecule has 0 radical (unpaired) electrons. The Labute approximate surface area is 142 Å². The molecule has 2 atom stereocenters. The minimum Gasteiger partial charge on any atom is -0.459 e. The maximum Gasteiger partial charge on any atom is 0.333 e. The van der Waals surface area contributed by atoms with Crippen molar-refractivity contribution in [3.05, 3.63) is 12.2 Å². The molecule has 4 saturated carbocycles. The number of carbonyl (C=O) groups is 3. The minimum atomic E-state index is -0.565. The number of rotatable bonds is 6. The van der Waals surface area contributed by atoms with Gasteiger partial charge in [-0.2, -0.15) is 0 Å². The molecular formula is C19H26O5. The van der Waals surface area contributed by atoms with Crippen LogP contribution < -0.4 is 0 Å². The molecule has 0 aromatic carbocycles. The number of Topliss-reactive ketones (excluding diaryl/α,β-unsaturated/α-hetero) is 1. The van der Waals surface area contributed by atoms with Crippen LogP contribution in [0.4, 0.5) is 0 Å². The summed E-state index contributed by atoms with van der Waals surface area (Å²) in [4.78, 5) is 35.7. The standard InChI is InChI=1S/C19H26O5/c1-4-15(20)6-16(21)23-18-7-13-5-14(8-18)10-19(9-13,11-18)24-17(22)12(2)3/h13-14H,2,4-11H2,1,3H3. The summed E-state index contributed by atoms with van der Waals surface area (Å²) in [6.07, 6.45) is 5.17. The lowest BCUT2D eigenvalue weighted by Gasteiger charge is -2.60. The quantitative estimate of drug-likeness (QED) is 0.424. The highest BCUT2D eigenvalue weighted by molar-refractivity contribution is 5.95. The molecule has 0 aromatic heterocycles. The van der Waals surface area contributed by atoms with Crippen LogP contribution in [-0.2, 0) is 23.9 Å². The Bertz CT molecular complexity index is 577. The van der Waals surface area contributed by atoms with Gasteiger partial charge in [0.05, 0.1) is 0 Å². The molecule has 4 fully saturated rings. The first-order valence-corrected chi connectivity index (χ1v) is 8.87. The maximum absolute atomic E-state index is 12.2. The summed E-state index contributed by atoms with van der Waals surface area (Å²) in [5.41, 5.74) is -0.704. The van der Waals surface area contributed by atoms with Gasteiger partial charge in [0, 0.05) is 18.4 Å². The predicted octanol–water partition coefficient (Wildman–Crippen LogP) is 3.11. The number of ether oxygens (including phenoxy) is 2. The van der Waals surface area contributed by atoms with Crippen molar-refractivity contribution in [3.63, 3.8) is 0 Å². The lowest BCUT2D eigenvalue weighted by Crippen LogP contribution is -2.61. The van der Waals surface area contributed by atoms with E-state index < -0.39 is 17.2 Å². The SMILES string of the molecule is C=C(C)C(=O)OC12CC3CC(CC(OC(=O)CC(=O)CC)(C3)C1)C2. The van der Waals surface area contributed by atoms with Crippen LogP contribution in [0.25, 0.3) is 0 Å². The van der Waals surface area contributed by atoms with Gasteiger partial charge in [-0.1, -0.05) is 13.5 Å². The van der Waals surface area contributed by atoms with Crippen molar-refractivity contribution in [1.82, 2.24) is 0 Å². The smallest absolute Gasteiger partial charge is 0.333 e. The zero-order valence-electron chi connectivity index (χ0n) is 14.6. The Kier molecular flexibility index (Phi) is 4.30. The molecular weight excluding hydrogens is 308 g/mol. The van der Waals surface area contributed by atoms with E-state index in [2.05, 4.69) is 6.58 Å². The number of hydrogen-bond acceptors (Lipinski definition) is 5. The highest BCUT2D eigenvalue weighted by Crippen LogP contribution is 2.60. The third-order valence-corrected chi connectivity index (χ3v) is 5.68. The number of hydrogen-bond donors (Lipinski definition) is 0. The molecule has 0 N–H and O–H groups in total. The van der Waals surface area contributed by atoms with E-state index in [0.717, 1.165) is 32.1 Å². The molecule has 0 saturated heterocycles. The van der Waals surface area contributed by atoms with Crippen molar-refractivity contribution in [2.24, 2.45) is 11.8 Å². The van der Waals surface area contributed by atoms with E-state index in [1.54, 1.807) is 13.8 Å². The summed E-state index contributed by atoms with van der Waals surface area (Å²) in [7, 11) is 0. The predicted molar refractivity (Wildman–Crippen MR) is 87.1 cm³/mol. The fourth-order valence-electron chi connectivity index (χ4n) is 5.18. The Balaban J connectivity index is 1.75. The molecule has 4 bridgehead atoms. The minimum absolute atomic E-state index is 0.104. The van der Waals surface area contributed by atoms with Crippen LogP contribution >= 0.6 is 0 Å². The van der Waals surface area contributed by atoms with Gasteiger partial charge in [0.2, 0.25) is 0 Å². The molecule has 5 nitrogen and oxygen atoms in total. The van der Waals surface area contributed by atoms with Crippen molar-refractivity contribution in [3.8, 4) is 0 Å². The van der Waals surface area contributed by atoms with Gasteiger partial charge >= 0.3 is 11.9 Å². The summed E-state index contributed by atoms with van der Waals surface area (Å²) in [5.74, 6) is -0.0735. The van der Waals surface area contributed by atoms with Crippen molar-refractivity contribution in [2.75, 3.05) is 0 Å². The molecule has 0 aliphatic heterocycles. The van der Waals surface area contributed by atoms with Crippen molar-refractivity contribution in [1.29, 1.82) is 0 Å². The van der Waals surface area contributed by atoms with Crippen LogP contribution in [0.2, 0.25) is 0 Å². The van der Waals surface area contributed by atoms with Crippen LogP contribution in [0, 0.1) is 11.8 Å². The first kappa shape index (κ1) is 17.2. The van der Waals surface area contributed by atoms with Gasteiger partial charge in [0.1, 0.15) is 23.4 Å². The highest BCUT2D eigenvalue weighted by Gasteiger charge is 2.61. The van der Waals surface area contributed by atoms with Gasteiger partial charge in [-0.15, -0.1) is 0 Å². The van der Waals surface area contributed by atoms with E-state index in [0.29, 0.717) is 30.3 Å². The van der Waals surface area contributed by atoms with E-state index >= 15 is 0 Å². The van der Waals surface area contributed by atoms with Crippen LogP contribution in [-0.4, -0.2) is 28.9 Å². The van der Waals surface area contributed by atoms with Gasteiger partial charge in [-0.25, -0.2) is 4.79 Å². The highest BCUT2D eigenvalue weighted by atomic mass is 16.6. The summed E-state index contributed by atoms with van der Waals surface area (Å²) < 4.78 is 11.6. The average molecular weight is 334 g/mol. The van der Waals surface area contributed by atoms with Gasteiger partial charge in [0.25, 0.3) is 0 Å². The fraction of sp³-hybridized carbons (Fsp3) is 0.737. The second kappa shape index (κ2) is 6.01. The lowest BCUT2D eigenvalue weighted by atomic mass is 9.52. The Morgan fingerprint density at radius 3 is 2.08 bits per heavy atom. The fourth-order valence-corrected chi connectivity index (χ4v) is 5.18. The number of esters is 2. The average Bonchev–Trinajstić information content (AvgIpc) is 2.43. The maximum atomic E-state index is 12.2. The molecule has 5 heteroatoms. The Morgan fingerprint density at radius 1 is 1.04 bits per heavy atom. The Morgan fingerprint density at radius 2 is 1.58 bits per heavy atom. The van der Waals surface area contributed by atoms with Crippen molar-refractivity contribution >= 4 is 17.7 Å². The van der Waals surface area contributed by atoms with Crippen LogP contribution in [0.5, 0.6) is 0 Å². The van der Waals surface area contributed by atoms with Gasteiger partial charge in [-0.05, 0) is 50.9 Å². The molecule has 0 spiro atoms. The zero-order chi connectivity index (χ0) is 17.5. The van der Waals surface area contributed by atoms with E-state index in [1.807, 2.05) is 0 Å². The first-order valence-electron chi connectivity index (χ1n) is 8.87. The van der Waals surface area contributed by atoms with Gasteiger partial charge in [0.15, 0.2) is 0 Å². The van der Waals surface area contributed by atoms with E-state index in [4.69, 9.17) is 9.47 Å². The molecule has 4 aliphatic carbocycles. The first-order chi connectivity index (χ1) is 11.2. The van der Waals surface area contributed by atoms with E-state index in [9.17, 15) is 14.4 Å². The molecule has 2 unspecified atom stereocenters. The van der Waals surface area contributed by atoms with Gasteiger partial charge in [-0.3, -0.25) is 9.59 Å². The molecule has 0 amide bonds. The third kappa shape index (κ3) is 3.26. The summed E-state index contributed by atoms with van der Waals surface area (Å²) in [5, 5.41) is 0. The molecule has 4 aliphatic rings. The lowest BCUT2D eigenvalue weighted by molar-refractivity contribution is -0.229. The van der Waals surface area contributed by atoms with E-state index in [1.165, 1.54) is 0 Å². The number of carbonyl (C=O) groups excluding carboxylic acids is 3. The molecule has 24 heavy (non-hydrogen) atoms. The molecule has 132 valence electrons. The second-order valence-corrected chi connectivity index (χ2v) is 8.04. The van der Waals surface area contributed by atoms with Gasteiger partial charge < -0.3 is 9.47 Å². The third-order valence-electron chi connectivity index (χ3n) is 5.68. The largest absolute Gasteiger partial charge is 0.459 e. The number of ketones is 1. The topological polar surface area (TPSA) is 69.7 Å². The Hall–Kier alpha value is -1.65. The summed E-state index contributed by atoms with van der Waals surface area (Å²) in [6, 6.07) is 0. The molecule has 0 aromatic rings. The normalized spacial score (nSPS) is 36.2. The zero-order valence-corrected chi connectivity index (χ0v) is 14.6. The summed E-state index contributed by atoms with van der Waals surface area (Å²) >= 11 is 0.